The van der Waals surface area contributed by atoms with Crippen molar-refractivity contribution in [3.63, 3.8) is 0 Å². The topological polar surface area (TPSA) is 56.3 Å². The van der Waals surface area contributed by atoms with Crippen LogP contribution in [0.2, 0.25) is 0 Å². The van der Waals surface area contributed by atoms with Crippen LogP contribution in [-0.4, -0.2) is 41.1 Å². The zero-order chi connectivity index (χ0) is 10.4. The Morgan fingerprint density at radius 2 is 2.36 bits per heavy atom. The molecule has 0 aliphatic rings. The number of carboxylic acids is 1. The molecule has 0 unspecified atom stereocenters. The first-order valence-corrected chi connectivity index (χ1v) is 4.70. The molecule has 1 rings (SSSR count). The van der Waals surface area contributed by atoms with Gasteiger partial charge in [-0.25, -0.2) is 0 Å². The fourth-order valence-electron chi connectivity index (χ4n) is 1.23. The van der Waals surface area contributed by atoms with Gasteiger partial charge in [-0.2, -0.15) is 0 Å². The summed E-state index contributed by atoms with van der Waals surface area (Å²) >= 11 is 0. The smallest absolute Gasteiger partial charge is 0.304 e. The van der Waals surface area contributed by atoms with E-state index >= 15 is 0 Å². The maximum Gasteiger partial charge on any atom is 0.304 e. The highest BCUT2D eigenvalue weighted by Crippen LogP contribution is 1.99. The molecule has 0 fully saturated rings. The first-order chi connectivity index (χ1) is 6.68. The minimum atomic E-state index is -0.738. The van der Waals surface area contributed by atoms with Gasteiger partial charge in [0.1, 0.15) is 0 Å². The van der Waals surface area contributed by atoms with Crippen molar-refractivity contribution in [2.45, 2.75) is 12.8 Å². The second-order valence-corrected chi connectivity index (χ2v) is 3.42. The monoisotopic (exact) mass is 196 g/mol. The van der Waals surface area contributed by atoms with Crippen LogP contribution >= 0.6 is 0 Å². The predicted molar refractivity (Wildman–Crippen MR) is 54.2 cm³/mol. The predicted octanol–water partition coefficient (Wildman–Crippen LogP) is 0.964. The molecule has 0 amide bonds. The average Bonchev–Trinajstić information content (AvgIpc) is 2.63. The van der Waals surface area contributed by atoms with Crippen molar-refractivity contribution in [2.24, 2.45) is 0 Å². The fraction of sp³-hybridized carbons (Fsp3) is 0.500. The minimum absolute atomic E-state index is 0.212. The molecule has 1 aromatic heterocycles. The van der Waals surface area contributed by atoms with Crippen molar-refractivity contribution in [2.75, 3.05) is 20.1 Å². The normalized spacial score (nSPS) is 10.7. The Bertz CT molecular complexity index is 270. The fourth-order valence-corrected chi connectivity index (χ4v) is 1.23. The van der Waals surface area contributed by atoms with Gasteiger partial charge < -0.3 is 15.0 Å². The van der Waals surface area contributed by atoms with Crippen LogP contribution in [0.1, 0.15) is 12.0 Å². The number of H-pyrrole nitrogens is 1. The lowest BCUT2D eigenvalue weighted by atomic mass is 10.2. The van der Waals surface area contributed by atoms with Crippen molar-refractivity contribution >= 4 is 5.97 Å². The molecular formula is C10H16N2O2. The molecule has 0 saturated heterocycles. The maximum absolute atomic E-state index is 10.3. The van der Waals surface area contributed by atoms with Gasteiger partial charge in [0.15, 0.2) is 0 Å². The molecule has 0 aliphatic carbocycles. The Hall–Kier alpha value is -1.29. The molecular weight excluding hydrogens is 180 g/mol. The van der Waals surface area contributed by atoms with Gasteiger partial charge in [-0.1, -0.05) is 0 Å². The van der Waals surface area contributed by atoms with Crippen molar-refractivity contribution < 1.29 is 9.90 Å². The average molecular weight is 196 g/mol. The first kappa shape index (κ1) is 10.8. The van der Waals surface area contributed by atoms with Gasteiger partial charge in [-0.05, 0) is 25.1 Å². The Kier molecular flexibility index (Phi) is 4.19. The highest BCUT2D eigenvalue weighted by molar-refractivity contribution is 5.66. The van der Waals surface area contributed by atoms with Crippen LogP contribution in [0.15, 0.2) is 18.5 Å². The Morgan fingerprint density at radius 1 is 1.57 bits per heavy atom. The summed E-state index contributed by atoms with van der Waals surface area (Å²) in [6.45, 7) is 1.50. The number of carboxylic acid groups (broad SMARTS) is 1. The molecule has 0 aromatic carbocycles. The third-order valence-electron chi connectivity index (χ3n) is 2.15. The van der Waals surface area contributed by atoms with E-state index in [0.29, 0.717) is 6.54 Å². The highest BCUT2D eigenvalue weighted by Gasteiger charge is 2.02. The van der Waals surface area contributed by atoms with Crippen LogP contribution < -0.4 is 0 Å². The number of carbonyl (C=O) groups is 1. The van der Waals surface area contributed by atoms with Crippen LogP contribution in [0.5, 0.6) is 0 Å². The second-order valence-electron chi connectivity index (χ2n) is 3.42. The number of rotatable bonds is 6. The summed E-state index contributed by atoms with van der Waals surface area (Å²) in [6, 6.07) is 2.03. The van der Waals surface area contributed by atoms with E-state index in [-0.39, 0.29) is 6.42 Å². The van der Waals surface area contributed by atoms with Crippen molar-refractivity contribution in [3.8, 4) is 0 Å². The third kappa shape index (κ3) is 4.09. The van der Waals surface area contributed by atoms with Gasteiger partial charge in [0.25, 0.3) is 0 Å². The molecule has 0 aliphatic heterocycles. The lowest BCUT2D eigenvalue weighted by Gasteiger charge is -2.14. The van der Waals surface area contributed by atoms with E-state index in [9.17, 15) is 4.79 Å². The summed E-state index contributed by atoms with van der Waals surface area (Å²) in [7, 11) is 1.94. The van der Waals surface area contributed by atoms with Crippen LogP contribution in [-0.2, 0) is 11.2 Å². The minimum Gasteiger partial charge on any atom is -0.481 e. The van der Waals surface area contributed by atoms with E-state index in [2.05, 4.69) is 4.98 Å². The van der Waals surface area contributed by atoms with Crippen LogP contribution in [0, 0.1) is 0 Å². The van der Waals surface area contributed by atoms with Crippen LogP contribution in [0.25, 0.3) is 0 Å². The van der Waals surface area contributed by atoms with E-state index in [1.54, 1.807) is 0 Å². The summed E-state index contributed by atoms with van der Waals surface area (Å²) in [6.07, 6.45) is 5.03. The van der Waals surface area contributed by atoms with Crippen LogP contribution in [0.4, 0.5) is 0 Å². The van der Waals surface area contributed by atoms with Crippen LogP contribution in [0.3, 0.4) is 0 Å². The zero-order valence-corrected chi connectivity index (χ0v) is 8.36. The van der Waals surface area contributed by atoms with Crippen molar-refractivity contribution in [1.29, 1.82) is 0 Å². The number of nitrogens with one attached hydrogen (secondary N) is 1. The molecule has 0 saturated carbocycles. The lowest BCUT2D eigenvalue weighted by Crippen LogP contribution is -2.24. The van der Waals surface area contributed by atoms with E-state index in [0.717, 1.165) is 13.0 Å². The number of likely N-dealkylation sites (N-methyl/N-ethyl adjacent to an activating group) is 1. The standard InChI is InChI=1S/C10H16N2O2/c1-12(7-4-10(13)14)6-3-9-2-5-11-8-9/h2,5,8,11H,3-4,6-7H2,1H3,(H,13,14). The van der Waals surface area contributed by atoms with Crippen molar-refractivity contribution in [1.82, 2.24) is 9.88 Å². The SMILES string of the molecule is CN(CCC(=O)O)CCc1cc[nH]c1. The number of aliphatic carboxylic acids is 1. The number of aromatic nitrogens is 1. The summed E-state index contributed by atoms with van der Waals surface area (Å²) in [5.74, 6) is -0.738. The summed E-state index contributed by atoms with van der Waals surface area (Å²) in [5.41, 5.74) is 1.26. The lowest BCUT2D eigenvalue weighted by molar-refractivity contribution is -0.137. The van der Waals surface area contributed by atoms with Gasteiger partial charge in [0.2, 0.25) is 0 Å². The second kappa shape index (κ2) is 5.44. The Labute approximate surface area is 83.5 Å². The molecule has 1 aromatic rings. The molecule has 0 atom stereocenters. The molecule has 14 heavy (non-hydrogen) atoms. The first-order valence-electron chi connectivity index (χ1n) is 4.70. The summed E-state index contributed by atoms with van der Waals surface area (Å²) < 4.78 is 0. The molecule has 0 spiro atoms. The Morgan fingerprint density at radius 3 is 2.93 bits per heavy atom. The van der Waals surface area contributed by atoms with E-state index in [4.69, 9.17) is 5.11 Å². The number of hydrogen-bond donors (Lipinski definition) is 2. The Balaban J connectivity index is 2.15. The molecule has 78 valence electrons. The molecule has 0 radical (unpaired) electrons. The van der Waals surface area contributed by atoms with Gasteiger partial charge in [-0.3, -0.25) is 4.79 Å². The number of hydrogen-bond acceptors (Lipinski definition) is 2. The molecule has 4 nitrogen and oxygen atoms in total. The molecule has 4 heteroatoms. The largest absolute Gasteiger partial charge is 0.481 e. The van der Waals surface area contributed by atoms with Gasteiger partial charge >= 0.3 is 5.97 Å². The summed E-state index contributed by atoms with van der Waals surface area (Å²) in [5, 5.41) is 8.48. The van der Waals surface area contributed by atoms with E-state index < -0.39 is 5.97 Å². The van der Waals surface area contributed by atoms with Gasteiger partial charge in [0.05, 0.1) is 6.42 Å². The van der Waals surface area contributed by atoms with Gasteiger partial charge in [-0.15, -0.1) is 0 Å². The number of nitrogens with zero attached hydrogens (tertiary/aromatic N) is 1. The molecule has 2 N–H and O–H groups in total. The summed E-state index contributed by atoms with van der Waals surface area (Å²) in [4.78, 5) is 15.3. The van der Waals surface area contributed by atoms with Crippen molar-refractivity contribution in [3.05, 3.63) is 24.0 Å². The quantitative estimate of drug-likeness (QED) is 0.712. The van der Waals surface area contributed by atoms with Gasteiger partial charge in [0, 0.05) is 25.5 Å². The number of aromatic amines is 1. The molecule has 1 heterocycles. The highest BCUT2D eigenvalue weighted by atomic mass is 16.4. The maximum atomic E-state index is 10.3. The van der Waals surface area contributed by atoms with E-state index in [1.807, 2.05) is 30.4 Å². The van der Waals surface area contributed by atoms with E-state index in [1.165, 1.54) is 5.56 Å². The zero-order valence-electron chi connectivity index (χ0n) is 8.36. The molecule has 0 bridgehead atoms. The third-order valence-corrected chi connectivity index (χ3v) is 2.15.